The molecule has 0 saturated carbocycles. The predicted molar refractivity (Wildman–Crippen MR) is 104 cm³/mol. The molecular formula is C21H26N4O3. The molecule has 1 aromatic carbocycles. The molecule has 1 N–H and O–H groups in total. The number of nitrogens with one attached hydrogen (secondary N) is 1. The zero-order chi connectivity index (χ0) is 19.7. The summed E-state index contributed by atoms with van der Waals surface area (Å²) in [4.78, 5) is 36.3. The summed E-state index contributed by atoms with van der Waals surface area (Å²) in [6.07, 6.45) is 3.18. The van der Waals surface area contributed by atoms with Gasteiger partial charge in [-0.2, -0.15) is 0 Å². The summed E-state index contributed by atoms with van der Waals surface area (Å²) >= 11 is 0. The lowest BCUT2D eigenvalue weighted by molar-refractivity contribution is -0.141. The van der Waals surface area contributed by atoms with Crippen molar-refractivity contribution >= 4 is 11.8 Å². The zero-order valence-electron chi connectivity index (χ0n) is 16.4. The molecule has 2 aliphatic rings. The predicted octanol–water partition coefficient (Wildman–Crippen LogP) is 2.15. The highest BCUT2D eigenvalue weighted by atomic mass is 16.5. The van der Waals surface area contributed by atoms with Crippen LogP contribution >= 0.6 is 0 Å². The van der Waals surface area contributed by atoms with Gasteiger partial charge in [0, 0.05) is 38.4 Å². The summed E-state index contributed by atoms with van der Waals surface area (Å²) in [6.45, 7) is 4.10. The van der Waals surface area contributed by atoms with Gasteiger partial charge in [-0.3, -0.25) is 9.59 Å². The number of amides is 2. The fraction of sp³-hybridized carbons (Fsp3) is 0.476. The van der Waals surface area contributed by atoms with Crippen molar-refractivity contribution in [1.82, 2.24) is 19.8 Å². The van der Waals surface area contributed by atoms with Crippen LogP contribution in [0.25, 0.3) is 0 Å². The maximum atomic E-state index is 13.2. The van der Waals surface area contributed by atoms with Crippen molar-refractivity contribution in [3.05, 3.63) is 47.5 Å². The van der Waals surface area contributed by atoms with E-state index in [1.165, 1.54) is 0 Å². The Morgan fingerprint density at radius 1 is 1.14 bits per heavy atom. The number of imidazole rings is 1. The number of carbonyl (C=O) groups is 2. The van der Waals surface area contributed by atoms with E-state index in [1.54, 1.807) is 20.4 Å². The first-order chi connectivity index (χ1) is 13.6. The molecule has 0 aliphatic carbocycles. The van der Waals surface area contributed by atoms with E-state index in [4.69, 9.17) is 4.74 Å². The number of rotatable bonds is 3. The Kier molecular flexibility index (Phi) is 5.07. The fourth-order valence-corrected chi connectivity index (χ4v) is 4.29. The molecule has 28 heavy (non-hydrogen) atoms. The van der Waals surface area contributed by atoms with E-state index in [0.717, 1.165) is 35.5 Å². The number of fused-ring (bicyclic) bond motifs is 1. The first-order valence-electron chi connectivity index (χ1n) is 9.77. The number of benzene rings is 1. The van der Waals surface area contributed by atoms with Gasteiger partial charge < -0.3 is 19.5 Å². The molecule has 2 aromatic rings. The number of carbonyl (C=O) groups excluding carboxylic acids is 2. The molecule has 0 spiro atoms. The van der Waals surface area contributed by atoms with Gasteiger partial charge in [-0.15, -0.1) is 0 Å². The van der Waals surface area contributed by atoms with E-state index in [2.05, 4.69) is 9.97 Å². The number of aromatic nitrogens is 2. The Labute approximate surface area is 164 Å². The van der Waals surface area contributed by atoms with Gasteiger partial charge >= 0.3 is 0 Å². The largest absolute Gasteiger partial charge is 0.497 e. The Bertz CT molecular complexity index is 853. The average molecular weight is 382 g/mol. The molecule has 4 rings (SSSR count). The zero-order valence-corrected chi connectivity index (χ0v) is 16.4. The smallest absolute Gasteiger partial charge is 0.226 e. The number of hydrogen-bond acceptors (Lipinski definition) is 4. The maximum absolute atomic E-state index is 13.2. The molecule has 1 atom stereocenters. The first-order valence-corrected chi connectivity index (χ1v) is 9.77. The minimum absolute atomic E-state index is 0.0170. The summed E-state index contributed by atoms with van der Waals surface area (Å²) in [5.41, 5.74) is 3.14. The van der Waals surface area contributed by atoms with Crippen LogP contribution in [0.4, 0.5) is 0 Å². The second kappa shape index (κ2) is 7.66. The van der Waals surface area contributed by atoms with Gasteiger partial charge in [0.25, 0.3) is 0 Å². The Hall–Kier alpha value is -2.83. The standard InChI is InChI=1S/C21H26N4O3/c1-14(26)24-9-7-16(8-10-24)21(27)25-11-18(20-19(12-25)22-13-23-20)15-3-5-17(28-2)6-4-15/h3-6,13,16,18H,7-12H2,1-2H3,(H,22,23). The van der Waals surface area contributed by atoms with E-state index < -0.39 is 0 Å². The number of ether oxygens (including phenoxy) is 1. The highest BCUT2D eigenvalue weighted by molar-refractivity contribution is 5.80. The van der Waals surface area contributed by atoms with Crippen molar-refractivity contribution in [1.29, 1.82) is 0 Å². The van der Waals surface area contributed by atoms with Crippen molar-refractivity contribution in [3.8, 4) is 5.75 Å². The van der Waals surface area contributed by atoms with Crippen LogP contribution in [0.1, 0.15) is 42.6 Å². The summed E-state index contributed by atoms with van der Waals surface area (Å²) < 4.78 is 5.26. The molecular weight excluding hydrogens is 356 g/mol. The van der Waals surface area contributed by atoms with Crippen molar-refractivity contribution in [3.63, 3.8) is 0 Å². The number of nitrogens with zero attached hydrogens (tertiary/aromatic N) is 3. The van der Waals surface area contributed by atoms with E-state index >= 15 is 0 Å². The van der Waals surface area contributed by atoms with Crippen LogP contribution in [0.2, 0.25) is 0 Å². The van der Waals surface area contributed by atoms with Gasteiger partial charge in [0.05, 0.1) is 31.4 Å². The van der Waals surface area contributed by atoms with Crippen LogP contribution in [-0.2, 0) is 16.1 Å². The minimum Gasteiger partial charge on any atom is -0.497 e. The van der Waals surface area contributed by atoms with Crippen LogP contribution in [0.3, 0.4) is 0 Å². The van der Waals surface area contributed by atoms with Gasteiger partial charge in [-0.05, 0) is 30.5 Å². The second-order valence-electron chi connectivity index (χ2n) is 7.59. The number of likely N-dealkylation sites (tertiary alicyclic amines) is 1. The van der Waals surface area contributed by atoms with Crippen molar-refractivity contribution in [2.45, 2.75) is 32.2 Å². The third-order valence-electron chi connectivity index (χ3n) is 5.95. The molecule has 0 radical (unpaired) electrons. The normalized spacial score (nSPS) is 20.0. The highest BCUT2D eigenvalue weighted by Gasteiger charge is 2.35. The van der Waals surface area contributed by atoms with Gasteiger partial charge in [0.2, 0.25) is 11.8 Å². The summed E-state index contributed by atoms with van der Waals surface area (Å²) in [7, 11) is 1.65. The molecule has 2 aliphatic heterocycles. The molecule has 1 unspecified atom stereocenters. The monoisotopic (exact) mass is 382 g/mol. The number of H-pyrrole nitrogens is 1. The Morgan fingerprint density at radius 3 is 2.50 bits per heavy atom. The van der Waals surface area contributed by atoms with Crippen LogP contribution < -0.4 is 4.74 Å². The highest BCUT2D eigenvalue weighted by Crippen LogP contribution is 2.33. The van der Waals surface area contributed by atoms with Crippen LogP contribution in [-0.4, -0.2) is 58.3 Å². The molecule has 1 fully saturated rings. The fourth-order valence-electron chi connectivity index (χ4n) is 4.29. The Balaban J connectivity index is 1.52. The van der Waals surface area contributed by atoms with E-state index in [9.17, 15) is 9.59 Å². The van der Waals surface area contributed by atoms with Crippen molar-refractivity contribution < 1.29 is 14.3 Å². The summed E-state index contributed by atoms with van der Waals surface area (Å²) in [6, 6.07) is 7.97. The third kappa shape index (κ3) is 3.48. The molecule has 7 nitrogen and oxygen atoms in total. The van der Waals surface area contributed by atoms with Gasteiger partial charge in [0.1, 0.15) is 5.75 Å². The van der Waals surface area contributed by atoms with Gasteiger partial charge in [-0.1, -0.05) is 12.1 Å². The van der Waals surface area contributed by atoms with Gasteiger partial charge in [-0.25, -0.2) is 4.98 Å². The lowest BCUT2D eigenvalue weighted by atomic mass is 9.89. The third-order valence-corrected chi connectivity index (χ3v) is 5.95. The molecule has 1 aromatic heterocycles. The number of methoxy groups -OCH3 is 1. The van der Waals surface area contributed by atoms with Crippen molar-refractivity contribution in [2.75, 3.05) is 26.7 Å². The SMILES string of the molecule is COc1ccc(C2CN(C(=O)C3CCN(C(C)=O)CC3)Cc3[nH]cnc32)cc1. The topological polar surface area (TPSA) is 78.5 Å². The number of hydrogen-bond donors (Lipinski definition) is 1. The minimum atomic E-state index is -0.0170. The number of piperidine rings is 1. The first kappa shape index (κ1) is 18.5. The Morgan fingerprint density at radius 2 is 1.86 bits per heavy atom. The van der Waals surface area contributed by atoms with Crippen LogP contribution in [0.15, 0.2) is 30.6 Å². The van der Waals surface area contributed by atoms with Crippen LogP contribution in [0.5, 0.6) is 5.75 Å². The molecule has 148 valence electrons. The maximum Gasteiger partial charge on any atom is 0.226 e. The van der Waals surface area contributed by atoms with Crippen molar-refractivity contribution in [2.24, 2.45) is 5.92 Å². The summed E-state index contributed by atoms with van der Waals surface area (Å²) in [5, 5.41) is 0. The van der Waals surface area contributed by atoms with E-state index in [-0.39, 0.29) is 23.7 Å². The van der Waals surface area contributed by atoms with E-state index in [0.29, 0.717) is 26.2 Å². The van der Waals surface area contributed by atoms with Gasteiger partial charge in [0.15, 0.2) is 0 Å². The molecule has 3 heterocycles. The molecule has 1 saturated heterocycles. The molecule has 0 bridgehead atoms. The molecule has 2 amide bonds. The quantitative estimate of drug-likeness (QED) is 0.882. The van der Waals surface area contributed by atoms with E-state index in [1.807, 2.05) is 34.1 Å². The lowest BCUT2D eigenvalue weighted by Crippen LogP contribution is -2.46. The average Bonchev–Trinajstić information content (AvgIpc) is 3.21. The lowest BCUT2D eigenvalue weighted by Gasteiger charge is -2.37. The van der Waals surface area contributed by atoms with Crippen LogP contribution in [0, 0.1) is 5.92 Å². The summed E-state index contributed by atoms with van der Waals surface area (Å²) in [5.74, 6) is 1.11. The number of aromatic amines is 1. The molecule has 7 heteroatoms. The second-order valence-corrected chi connectivity index (χ2v) is 7.59.